The van der Waals surface area contributed by atoms with Gasteiger partial charge in [-0.25, -0.2) is 4.79 Å². The van der Waals surface area contributed by atoms with Gasteiger partial charge in [-0.15, -0.1) is 0 Å². The maximum atomic E-state index is 12.3. The Kier molecular flexibility index (Phi) is 5.87. The molecule has 0 spiro atoms. The Morgan fingerprint density at radius 2 is 1.58 bits per heavy atom. The molecule has 0 bridgehead atoms. The Bertz CT molecular complexity index is 780. The van der Waals surface area contributed by atoms with Gasteiger partial charge in [0.15, 0.2) is 6.10 Å². The van der Waals surface area contributed by atoms with E-state index in [4.69, 9.17) is 10.5 Å². The van der Waals surface area contributed by atoms with E-state index in [9.17, 15) is 9.59 Å². The van der Waals surface area contributed by atoms with Crippen LogP contribution in [0.25, 0.3) is 0 Å². The molecule has 1 unspecified atom stereocenters. The number of urea groups is 1. The summed E-state index contributed by atoms with van der Waals surface area (Å²) in [5.41, 5.74) is 7.39. The zero-order valence-corrected chi connectivity index (χ0v) is 15.5. The number of carbonyl (C=O) groups excluding carboxylic acids is 2. The number of primary amides is 1. The van der Waals surface area contributed by atoms with E-state index in [-0.39, 0.29) is 11.3 Å². The Morgan fingerprint density at radius 1 is 1.00 bits per heavy atom. The van der Waals surface area contributed by atoms with Crippen LogP contribution in [-0.2, 0) is 10.2 Å². The van der Waals surface area contributed by atoms with Gasteiger partial charge in [0.05, 0.1) is 0 Å². The molecule has 2 aromatic carbocycles. The van der Waals surface area contributed by atoms with Crippen LogP contribution in [0.5, 0.6) is 5.75 Å². The molecule has 0 fully saturated rings. The van der Waals surface area contributed by atoms with Gasteiger partial charge in [0.25, 0.3) is 5.91 Å². The Labute approximate surface area is 153 Å². The molecule has 4 N–H and O–H groups in total. The molecule has 6 nitrogen and oxygen atoms in total. The highest BCUT2D eigenvalue weighted by Crippen LogP contribution is 2.24. The number of ether oxygens (including phenoxy) is 1. The molecule has 0 saturated heterocycles. The second-order valence-electron chi connectivity index (χ2n) is 7.09. The van der Waals surface area contributed by atoms with Gasteiger partial charge in [-0.3, -0.25) is 4.79 Å². The predicted octanol–water partition coefficient (Wildman–Crippen LogP) is 3.88. The summed E-state index contributed by atoms with van der Waals surface area (Å²) in [4.78, 5) is 23.2. The first-order valence-electron chi connectivity index (χ1n) is 8.40. The third-order valence-electron chi connectivity index (χ3n) is 3.80. The van der Waals surface area contributed by atoms with Crippen LogP contribution in [-0.4, -0.2) is 18.0 Å². The average Bonchev–Trinajstić information content (AvgIpc) is 2.54. The minimum Gasteiger partial charge on any atom is -0.481 e. The van der Waals surface area contributed by atoms with E-state index in [1.54, 1.807) is 31.2 Å². The molecule has 0 aliphatic heterocycles. The summed E-state index contributed by atoms with van der Waals surface area (Å²) in [6, 6.07) is 13.8. The SMILES string of the molecule is CC(Oc1ccc(C(C)(C)C)cc1)C(=O)Nc1cccc(NC(N)=O)c1. The van der Waals surface area contributed by atoms with Crippen molar-refractivity contribution in [1.82, 2.24) is 0 Å². The van der Waals surface area contributed by atoms with Crippen molar-refractivity contribution in [2.24, 2.45) is 5.73 Å². The van der Waals surface area contributed by atoms with Gasteiger partial charge in [0.1, 0.15) is 5.75 Å². The van der Waals surface area contributed by atoms with Crippen molar-refractivity contribution in [2.45, 2.75) is 39.2 Å². The summed E-state index contributed by atoms with van der Waals surface area (Å²) in [6.07, 6.45) is -0.678. The molecule has 26 heavy (non-hydrogen) atoms. The highest BCUT2D eigenvalue weighted by atomic mass is 16.5. The van der Waals surface area contributed by atoms with Crippen molar-refractivity contribution in [1.29, 1.82) is 0 Å². The van der Waals surface area contributed by atoms with Gasteiger partial charge in [-0.1, -0.05) is 39.0 Å². The molecule has 0 aromatic heterocycles. The van der Waals surface area contributed by atoms with E-state index >= 15 is 0 Å². The lowest BCUT2D eigenvalue weighted by Gasteiger charge is -2.20. The van der Waals surface area contributed by atoms with Crippen LogP contribution in [0.3, 0.4) is 0 Å². The fraction of sp³-hybridized carbons (Fsp3) is 0.300. The van der Waals surface area contributed by atoms with Gasteiger partial charge >= 0.3 is 6.03 Å². The summed E-state index contributed by atoms with van der Waals surface area (Å²) in [5, 5.41) is 5.22. The van der Waals surface area contributed by atoms with Crippen LogP contribution in [0.4, 0.5) is 16.2 Å². The first kappa shape index (κ1) is 19.3. The number of benzene rings is 2. The van der Waals surface area contributed by atoms with Gasteiger partial charge in [0, 0.05) is 11.4 Å². The lowest BCUT2D eigenvalue weighted by atomic mass is 9.87. The molecule has 0 radical (unpaired) electrons. The topological polar surface area (TPSA) is 93.4 Å². The lowest BCUT2D eigenvalue weighted by molar-refractivity contribution is -0.122. The van der Waals surface area contributed by atoms with E-state index in [2.05, 4.69) is 31.4 Å². The minimum absolute atomic E-state index is 0.0610. The minimum atomic E-state index is -0.678. The van der Waals surface area contributed by atoms with E-state index in [1.165, 1.54) is 5.56 Å². The quantitative estimate of drug-likeness (QED) is 0.760. The van der Waals surface area contributed by atoms with Crippen LogP contribution in [0.2, 0.25) is 0 Å². The van der Waals surface area contributed by atoms with Gasteiger partial charge < -0.3 is 21.1 Å². The number of hydrogen-bond acceptors (Lipinski definition) is 3. The van der Waals surface area contributed by atoms with Crippen molar-refractivity contribution in [3.63, 3.8) is 0 Å². The molecule has 1 atom stereocenters. The van der Waals surface area contributed by atoms with Crippen molar-refractivity contribution in [3.8, 4) is 5.75 Å². The molecule has 2 aromatic rings. The second kappa shape index (κ2) is 7.91. The summed E-state index contributed by atoms with van der Waals surface area (Å²) >= 11 is 0. The Balaban J connectivity index is 1.98. The van der Waals surface area contributed by atoms with Crippen LogP contribution in [0.1, 0.15) is 33.3 Å². The maximum absolute atomic E-state index is 12.3. The van der Waals surface area contributed by atoms with E-state index < -0.39 is 12.1 Å². The highest BCUT2D eigenvalue weighted by molar-refractivity contribution is 5.95. The average molecular weight is 355 g/mol. The number of amides is 3. The summed E-state index contributed by atoms with van der Waals surface area (Å²) in [6.45, 7) is 8.10. The molecule has 0 aliphatic rings. The van der Waals surface area contributed by atoms with E-state index in [1.807, 2.05) is 24.3 Å². The predicted molar refractivity (Wildman–Crippen MR) is 104 cm³/mol. The Morgan fingerprint density at radius 3 is 2.12 bits per heavy atom. The highest BCUT2D eigenvalue weighted by Gasteiger charge is 2.17. The normalized spacial score (nSPS) is 12.2. The second-order valence-corrected chi connectivity index (χ2v) is 7.09. The zero-order valence-electron chi connectivity index (χ0n) is 15.5. The smallest absolute Gasteiger partial charge is 0.316 e. The van der Waals surface area contributed by atoms with Gasteiger partial charge in [-0.2, -0.15) is 0 Å². The van der Waals surface area contributed by atoms with E-state index in [0.29, 0.717) is 17.1 Å². The van der Waals surface area contributed by atoms with Gasteiger partial charge in [-0.05, 0) is 48.2 Å². The molecular weight excluding hydrogens is 330 g/mol. The summed E-state index contributed by atoms with van der Waals surface area (Å²) in [5.74, 6) is 0.339. The van der Waals surface area contributed by atoms with Crippen molar-refractivity contribution >= 4 is 23.3 Å². The molecule has 6 heteroatoms. The largest absolute Gasteiger partial charge is 0.481 e. The third kappa shape index (κ3) is 5.51. The number of rotatable bonds is 5. The van der Waals surface area contributed by atoms with E-state index in [0.717, 1.165) is 0 Å². The molecule has 0 heterocycles. The number of nitrogens with two attached hydrogens (primary N) is 1. The van der Waals surface area contributed by atoms with Crippen LogP contribution in [0.15, 0.2) is 48.5 Å². The Hall–Kier alpha value is -3.02. The molecule has 3 amide bonds. The molecule has 138 valence electrons. The van der Waals surface area contributed by atoms with Crippen LogP contribution in [0, 0.1) is 0 Å². The lowest BCUT2D eigenvalue weighted by Crippen LogP contribution is -2.30. The number of anilines is 2. The van der Waals surface area contributed by atoms with Crippen molar-refractivity contribution < 1.29 is 14.3 Å². The summed E-state index contributed by atoms with van der Waals surface area (Å²) in [7, 11) is 0. The first-order valence-corrected chi connectivity index (χ1v) is 8.40. The standard InChI is InChI=1S/C20H25N3O3/c1-13(26-17-10-8-14(9-11-17)20(2,3)4)18(24)22-15-6-5-7-16(12-15)23-19(21)25/h5-13H,1-4H3,(H,22,24)(H3,21,23,25). The maximum Gasteiger partial charge on any atom is 0.316 e. The summed E-state index contributed by atoms with van der Waals surface area (Å²) < 4.78 is 5.71. The molecular formula is C20H25N3O3. The number of nitrogens with one attached hydrogen (secondary N) is 2. The number of hydrogen-bond donors (Lipinski definition) is 3. The number of carbonyl (C=O) groups is 2. The fourth-order valence-electron chi connectivity index (χ4n) is 2.35. The zero-order chi connectivity index (χ0) is 19.3. The third-order valence-corrected chi connectivity index (χ3v) is 3.80. The molecule has 0 saturated carbocycles. The molecule has 2 rings (SSSR count). The monoisotopic (exact) mass is 355 g/mol. The molecule has 0 aliphatic carbocycles. The van der Waals surface area contributed by atoms with Gasteiger partial charge in [0.2, 0.25) is 0 Å². The van der Waals surface area contributed by atoms with Crippen LogP contribution >= 0.6 is 0 Å². The first-order chi connectivity index (χ1) is 12.1. The fourth-order valence-corrected chi connectivity index (χ4v) is 2.35. The van der Waals surface area contributed by atoms with Crippen molar-refractivity contribution in [2.75, 3.05) is 10.6 Å². The van der Waals surface area contributed by atoms with Crippen LogP contribution < -0.4 is 21.1 Å². The van der Waals surface area contributed by atoms with Crippen molar-refractivity contribution in [3.05, 3.63) is 54.1 Å².